The quantitative estimate of drug-likeness (QED) is 0.725. The first-order chi connectivity index (χ1) is 11.8. The summed E-state index contributed by atoms with van der Waals surface area (Å²) in [5.74, 6) is 0.300. The molecule has 2 aromatic rings. The van der Waals surface area contributed by atoms with Crippen LogP contribution in [0.4, 0.5) is 35.2 Å². The van der Waals surface area contributed by atoms with Crippen LogP contribution < -0.4 is 16.0 Å². The molecule has 1 aromatic carbocycles. The highest BCUT2D eigenvalue weighted by Crippen LogP contribution is 2.34. The van der Waals surface area contributed by atoms with Crippen molar-refractivity contribution in [3.63, 3.8) is 0 Å². The first-order valence-electron chi connectivity index (χ1n) is 7.48. The molecule has 3 rings (SSSR count). The second-order valence-electron chi connectivity index (χ2n) is 5.62. The molecule has 3 N–H and O–H groups in total. The van der Waals surface area contributed by atoms with Crippen LogP contribution in [-0.2, 0) is 6.18 Å². The first kappa shape index (κ1) is 17.3. The predicted octanol–water partition coefficient (Wildman–Crippen LogP) is 4.78. The Morgan fingerprint density at radius 1 is 1.20 bits per heavy atom. The van der Waals surface area contributed by atoms with E-state index in [1.807, 2.05) is 0 Å². The smallest absolute Gasteiger partial charge is 0.339 e. The van der Waals surface area contributed by atoms with Gasteiger partial charge in [0.15, 0.2) is 0 Å². The van der Waals surface area contributed by atoms with Gasteiger partial charge in [0.1, 0.15) is 5.82 Å². The van der Waals surface area contributed by atoms with Gasteiger partial charge in [0, 0.05) is 6.04 Å². The number of pyridine rings is 1. The minimum absolute atomic E-state index is 0.0937. The number of aromatic nitrogens is 1. The Hall–Kier alpha value is -2.48. The molecule has 5 nitrogen and oxygen atoms in total. The van der Waals surface area contributed by atoms with Crippen LogP contribution >= 0.6 is 11.6 Å². The molecule has 25 heavy (non-hydrogen) atoms. The van der Waals surface area contributed by atoms with E-state index < -0.39 is 11.7 Å². The molecule has 1 heterocycles. The molecular weight excluding hydrogens is 357 g/mol. The van der Waals surface area contributed by atoms with E-state index in [0.29, 0.717) is 11.5 Å². The Labute approximate surface area is 146 Å². The van der Waals surface area contributed by atoms with Gasteiger partial charge in [0.25, 0.3) is 0 Å². The lowest BCUT2D eigenvalue weighted by molar-refractivity contribution is -0.137. The second kappa shape index (κ2) is 6.79. The van der Waals surface area contributed by atoms with E-state index in [2.05, 4.69) is 20.9 Å². The van der Waals surface area contributed by atoms with Gasteiger partial charge >= 0.3 is 12.2 Å². The van der Waals surface area contributed by atoms with Crippen LogP contribution in [0.5, 0.6) is 0 Å². The van der Waals surface area contributed by atoms with Crippen molar-refractivity contribution in [3.05, 3.63) is 47.1 Å². The molecule has 0 saturated heterocycles. The molecular formula is C16H14ClF3N4O. The van der Waals surface area contributed by atoms with Crippen molar-refractivity contribution >= 4 is 34.8 Å². The van der Waals surface area contributed by atoms with Crippen molar-refractivity contribution in [3.8, 4) is 0 Å². The van der Waals surface area contributed by atoms with Gasteiger partial charge in [0.2, 0.25) is 0 Å². The van der Waals surface area contributed by atoms with Gasteiger partial charge < -0.3 is 16.0 Å². The van der Waals surface area contributed by atoms with Gasteiger partial charge in [-0.1, -0.05) is 11.6 Å². The van der Waals surface area contributed by atoms with Crippen LogP contribution in [0.25, 0.3) is 0 Å². The zero-order valence-electron chi connectivity index (χ0n) is 12.8. The normalized spacial score (nSPS) is 14.1. The molecule has 132 valence electrons. The maximum absolute atomic E-state index is 12.8. The van der Waals surface area contributed by atoms with E-state index in [1.54, 1.807) is 6.07 Å². The Balaban J connectivity index is 1.67. The van der Waals surface area contributed by atoms with Gasteiger partial charge in [-0.25, -0.2) is 9.78 Å². The Morgan fingerprint density at radius 2 is 1.96 bits per heavy atom. The Bertz CT molecular complexity index is 776. The molecule has 1 saturated carbocycles. The van der Waals surface area contributed by atoms with Gasteiger partial charge in [-0.15, -0.1) is 0 Å². The fraction of sp³-hybridized carbons (Fsp3) is 0.250. The minimum atomic E-state index is -4.46. The number of carbonyl (C=O) groups excluding carboxylic acids is 1. The van der Waals surface area contributed by atoms with Crippen LogP contribution in [0, 0.1) is 0 Å². The van der Waals surface area contributed by atoms with Gasteiger partial charge in [-0.05, 0) is 43.2 Å². The first-order valence-corrected chi connectivity index (χ1v) is 7.86. The van der Waals surface area contributed by atoms with E-state index in [9.17, 15) is 18.0 Å². The number of hydrogen-bond acceptors (Lipinski definition) is 3. The molecule has 0 atom stereocenters. The summed E-state index contributed by atoms with van der Waals surface area (Å²) in [7, 11) is 0. The molecule has 9 heteroatoms. The van der Waals surface area contributed by atoms with Crippen molar-refractivity contribution in [2.45, 2.75) is 25.1 Å². The summed E-state index contributed by atoms with van der Waals surface area (Å²) in [6.45, 7) is 0. The zero-order valence-corrected chi connectivity index (χ0v) is 13.6. The van der Waals surface area contributed by atoms with Crippen molar-refractivity contribution in [2.75, 3.05) is 10.6 Å². The Kier molecular flexibility index (Phi) is 4.71. The molecule has 2 amide bonds. The monoisotopic (exact) mass is 370 g/mol. The zero-order chi connectivity index (χ0) is 18.0. The van der Waals surface area contributed by atoms with Crippen molar-refractivity contribution in [2.24, 2.45) is 0 Å². The largest absolute Gasteiger partial charge is 0.416 e. The van der Waals surface area contributed by atoms with Crippen molar-refractivity contribution in [1.82, 2.24) is 10.3 Å². The van der Waals surface area contributed by atoms with E-state index in [0.717, 1.165) is 25.0 Å². The number of hydrogen-bond donors (Lipinski definition) is 3. The molecule has 1 fully saturated rings. The predicted molar refractivity (Wildman–Crippen MR) is 89.2 cm³/mol. The highest BCUT2D eigenvalue weighted by Gasteiger charge is 2.31. The fourth-order valence-corrected chi connectivity index (χ4v) is 2.22. The van der Waals surface area contributed by atoms with Crippen LogP contribution in [0.15, 0.2) is 36.5 Å². The summed E-state index contributed by atoms with van der Waals surface area (Å²) < 4.78 is 38.3. The number of amides is 2. The van der Waals surface area contributed by atoms with Gasteiger partial charge in [-0.3, -0.25) is 0 Å². The molecule has 0 unspecified atom stereocenters. The third-order valence-corrected chi connectivity index (χ3v) is 3.82. The van der Waals surface area contributed by atoms with Crippen LogP contribution in [0.2, 0.25) is 5.02 Å². The average molecular weight is 371 g/mol. The maximum atomic E-state index is 12.8. The molecule has 0 spiro atoms. The van der Waals surface area contributed by atoms with E-state index >= 15 is 0 Å². The van der Waals surface area contributed by atoms with Crippen LogP contribution in [0.1, 0.15) is 18.4 Å². The number of nitrogens with zero attached hydrogens (tertiary/aromatic N) is 1. The van der Waals surface area contributed by atoms with Crippen molar-refractivity contribution < 1.29 is 18.0 Å². The number of benzene rings is 1. The summed E-state index contributed by atoms with van der Waals surface area (Å²) >= 11 is 5.93. The number of carbonyl (C=O) groups is 1. The lowest BCUT2D eigenvalue weighted by Crippen LogP contribution is -2.30. The average Bonchev–Trinajstić information content (AvgIpc) is 3.34. The van der Waals surface area contributed by atoms with Gasteiger partial charge in [-0.2, -0.15) is 13.2 Å². The third kappa shape index (κ3) is 4.76. The van der Waals surface area contributed by atoms with E-state index in [1.165, 1.54) is 18.3 Å². The number of nitrogens with one attached hydrogen (secondary N) is 3. The molecule has 1 aromatic heterocycles. The number of alkyl halides is 3. The molecule has 0 aliphatic heterocycles. The summed E-state index contributed by atoms with van der Waals surface area (Å²) in [6, 6.07) is 6.03. The molecule has 0 radical (unpaired) electrons. The van der Waals surface area contributed by atoms with Crippen LogP contribution in [-0.4, -0.2) is 17.1 Å². The maximum Gasteiger partial charge on any atom is 0.416 e. The Morgan fingerprint density at radius 3 is 2.56 bits per heavy atom. The van der Waals surface area contributed by atoms with E-state index in [4.69, 9.17) is 11.6 Å². The van der Waals surface area contributed by atoms with E-state index in [-0.39, 0.29) is 22.8 Å². The number of rotatable bonds is 4. The lowest BCUT2D eigenvalue weighted by atomic mass is 10.2. The van der Waals surface area contributed by atoms with Crippen molar-refractivity contribution in [1.29, 1.82) is 0 Å². The summed E-state index contributed by atoms with van der Waals surface area (Å²) in [5.41, 5.74) is -0.246. The third-order valence-electron chi connectivity index (χ3n) is 3.49. The number of halogens is 4. The number of anilines is 3. The lowest BCUT2D eigenvalue weighted by Gasteiger charge is -2.12. The summed E-state index contributed by atoms with van der Waals surface area (Å²) in [6.07, 6.45) is -1.11. The number of urea groups is 1. The minimum Gasteiger partial charge on any atom is -0.339 e. The molecule has 0 bridgehead atoms. The highest BCUT2D eigenvalue weighted by atomic mass is 35.5. The summed E-state index contributed by atoms with van der Waals surface area (Å²) in [5, 5.41) is 8.27. The molecule has 1 aliphatic rings. The highest BCUT2D eigenvalue weighted by molar-refractivity contribution is 6.33. The van der Waals surface area contributed by atoms with Crippen LogP contribution in [0.3, 0.4) is 0 Å². The molecule has 1 aliphatic carbocycles. The SMILES string of the molecule is O=C(Nc1ccc(Nc2cc(C(F)(F)F)ccc2Cl)nc1)NC1CC1. The standard InChI is InChI=1S/C16H14ClF3N4O/c17-12-5-1-9(16(18,19)20)7-13(12)24-14-6-4-11(8-21-14)23-15(25)22-10-2-3-10/h1,4-8,10H,2-3H2,(H,21,24)(H2,22,23,25). The van der Waals surface area contributed by atoms with Gasteiger partial charge in [0.05, 0.1) is 28.2 Å². The topological polar surface area (TPSA) is 66.0 Å². The fourth-order valence-electron chi connectivity index (χ4n) is 2.06. The summed E-state index contributed by atoms with van der Waals surface area (Å²) in [4.78, 5) is 15.7. The second-order valence-corrected chi connectivity index (χ2v) is 6.03.